The fraction of sp³-hybridized carbons (Fsp3) is 0.353. The summed E-state index contributed by atoms with van der Waals surface area (Å²) in [5.41, 5.74) is 23.8. The molecule has 1 amide bonds. The van der Waals surface area contributed by atoms with Gasteiger partial charge in [-0.1, -0.05) is 0 Å². The third kappa shape index (κ3) is 10.5. The Morgan fingerprint density at radius 3 is 1.65 bits per heavy atom. The molecular weight excluding hydrogens is 868 g/mol. The first-order valence-electron chi connectivity index (χ1n) is 23.3. The number of amides is 1. The van der Waals surface area contributed by atoms with Crippen LogP contribution in [0.1, 0.15) is 87.4 Å². The zero-order chi connectivity index (χ0) is 49.5. The van der Waals surface area contributed by atoms with E-state index in [1.165, 1.54) is 0 Å². The first-order chi connectivity index (χ1) is 33.1. The normalized spacial score (nSPS) is 15.4. The Bertz CT molecular complexity index is 3000. The number of pyridine rings is 5. The number of hydrogen-bond acceptors (Lipinski definition) is 11. The smallest absolute Gasteiger partial charge is 0.336 e. The van der Waals surface area contributed by atoms with Crippen LogP contribution < -0.4 is 22.3 Å². The van der Waals surface area contributed by atoms with E-state index in [1.807, 2.05) is 64.2 Å². The number of nitrogen functional groups attached to an aromatic ring is 2. The van der Waals surface area contributed by atoms with Gasteiger partial charge in [0, 0.05) is 131 Å². The molecule has 7 N–H and O–H groups in total. The number of anilines is 2. The van der Waals surface area contributed by atoms with E-state index in [0.29, 0.717) is 54.8 Å². The molecule has 0 radical (unpaired) electrons. The van der Waals surface area contributed by atoms with Crippen LogP contribution in [0.2, 0.25) is 0 Å². The number of nitrogens with one attached hydrogen (secondary N) is 2. The number of aromatic carboxylic acids is 1. The maximum atomic E-state index is 13.5. The molecule has 2 fully saturated rings. The van der Waals surface area contributed by atoms with Gasteiger partial charge in [0.05, 0.1) is 40.5 Å². The molecule has 7 aromatic heterocycles. The Hall–Kier alpha value is -6.92. The Labute approximate surface area is 396 Å². The van der Waals surface area contributed by atoms with Gasteiger partial charge in [-0.05, 0) is 113 Å². The van der Waals surface area contributed by atoms with Gasteiger partial charge < -0.3 is 45.1 Å². The van der Waals surface area contributed by atoms with Crippen LogP contribution in [0.25, 0.3) is 33.3 Å². The number of morpholine rings is 2. The number of aryl methyl sites for hydroxylation is 2. The first kappa shape index (κ1) is 47.6. The predicted octanol–water partition coefficient (Wildman–Crippen LogP) is 7.09. The summed E-state index contributed by atoms with van der Waals surface area (Å²) in [5.74, 6) is -0.182. The number of ether oxygens (including phenoxy) is 2. The van der Waals surface area contributed by atoms with E-state index in [-0.39, 0.29) is 30.1 Å². The van der Waals surface area contributed by atoms with Crippen LogP contribution in [0.5, 0.6) is 0 Å². The third-order valence-electron chi connectivity index (χ3n) is 13.0. The maximum Gasteiger partial charge on any atom is 0.336 e. The first-order valence-corrected chi connectivity index (χ1v) is 22.5. The topological polar surface area (TPSA) is 211 Å². The van der Waals surface area contributed by atoms with Crippen molar-refractivity contribution in [2.24, 2.45) is 0 Å². The van der Waals surface area contributed by atoms with Gasteiger partial charge in [-0.3, -0.25) is 23.8 Å². The number of hydrogen-bond donors (Lipinski definition) is 5. The highest BCUT2D eigenvalue weighted by atomic mass is 19.1. The quantitative estimate of drug-likeness (QED) is 0.0931. The van der Waals surface area contributed by atoms with Crippen LogP contribution >= 0.6 is 0 Å². The molecule has 2 atom stereocenters. The van der Waals surface area contributed by atoms with Gasteiger partial charge in [-0.25, -0.2) is 14.8 Å². The average molecular weight is 930 g/mol. The number of carboxylic acids is 1. The van der Waals surface area contributed by atoms with E-state index >= 15 is 0 Å². The lowest BCUT2D eigenvalue weighted by Crippen LogP contribution is -2.39. The summed E-state index contributed by atoms with van der Waals surface area (Å²) in [4.78, 5) is 53.9. The largest absolute Gasteiger partial charge is 0.478 e. The molecule has 2 aliphatic heterocycles. The van der Waals surface area contributed by atoms with Crippen molar-refractivity contribution in [2.45, 2.75) is 60.2 Å². The van der Waals surface area contributed by atoms with Gasteiger partial charge in [0.1, 0.15) is 11.6 Å². The summed E-state index contributed by atoms with van der Waals surface area (Å²) in [6, 6.07) is 17.2. The molecule has 16 nitrogen and oxygen atoms in total. The highest BCUT2D eigenvalue weighted by Crippen LogP contribution is 2.34. The Kier molecular flexibility index (Phi) is 14.9. The van der Waals surface area contributed by atoms with Crippen LogP contribution in [-0.2, 0) is 16.0 Å². The van der Waals surface area contributed by atoms with Crippen LogP contribution in [0.15, 0.2) is 84.2 Å². The summed E-state index contributed by atoms with van der Waals surface area (Å²) in [6.07, 6.45) is 7.64. The fourth-order valence-electron chi connectivity index (χ4n) is 9.34. The average Bonchev–Trinajstić information content (AvgIpc) is 3.96. The lowest BCUT2D eigenvalue weighted by atomic mass is 10.0. The zero-order valence-electron chi connectivity index (χ0n) is 40.4. The number of aromatic nitrogens is 5. The Balaban J connectivity index is 0.000000201. The van der Waals surface area contributed by atoms with E-state index in [4.69, 9.17) is 22.3 Å². The fourth-order valence-corrected chi connectivity index (χ4v) is 9.34. The monoisotopic (exact) mass is 929 g/mol. The van der Waals surface area contributed by atoms with Gasteiger partial charge in [0.15, 0.2) is 0 Å². The number of nitrogens with two attached hydrogens (primary N) is 2. The molecule has 68 heavy (non-hydrogen) atoms. The second kappa shape index (κ2) is 21.4. The van der Waals surface area contributed by atoms with Crippen molar-refractivity contribution in [3.05, 3.63) is 140 Å². The highest BCUT2D eigenvalue weighted by Gasteiger charge is 2.28. The lowest BCUT2D eigenvalue weighted by molar-refractivity contribution is 0.0186. The van der Waals surface area contributed by atoms with E-state index in [9.17, 15) is 23.9 Å². The number of aromatic amines is 1. The molecule has 7 aromatic rings. The molecule has 0 bridgehead atoms. The van der Waals surface area contributed by atoms with E-state index in [1.54, 1.807) is 30.6 Å². The number of carbonyl (C=O) groups excluding carboxylic acids is 1. The molecule has 9 rings (SSSR count). The SMILES string of the molecule is Cc1c(C(=O)O)cc2cc(-c3ccc(N)nc3)cn2c1C(C)N1CCOCC1.Cc1cc(C)c(CNC(=O)c2cc3cc(-c4ccc(N)nc4)cn3c(C(C)N3CCOCC3)c2C)c(=O)[nH]1.[2H]CF. The van der Waals surface area contributed by atoms with Crippen molar-refractivity contribution in [3.8, 4) is 22.3 Å². The summed E-state index contributed by atoms with van der Waals surface area (Å²) < 4.78 is 30.8. The van der Waals surface area contributed by atoms with Crippen molar-refractivity contribution in [3.63, 3.8) is 0 Å². The van der Waals surface area contributed by atoms with Gasteiger partial charge >= 0.3 is 5.97 Å². The number of alkyl halides is 1. The van der Waals surface area contributed by atoms with Crippen molar-refractivity contribution >= 4 is 34.5 Å². The maximum absolute atomic E-state index is 13.5. The number of nitrogens with zero attached hydrogens (tertiary/aromatic N) is 6. The van der Waals surface area contributed by atoms with Crippen LogP contribution in [-0.4, -0.2) is 110 Å². The second-order valence-corrected chi connectivity index (χ2v) is 17.2. The zero-order valence-corrected chi connectivity index (χ0v) is 39.4. The van der Waals surface area contributed by atoms with Crippen molar-refractivity contribution in [1.29, 1.82) is 0 Å². The number of halogens is 1. The summed E-state index contributed by atoms with van der Waals surface area (Å²) in [7, 11) is -1.00. The molecule has 358 valence electrons. The van der Waals surface area contributed by atoms with E-state index < -0.39 is 13.1 Å². The molecule has 2 saturated heterocycles. The third-order valence-corrected chi connectivity index (χ3v) is 13.0. The van der Waals surface area contributed by atoms with Crippen molar-refractivity contribution in [1.82, 2.24) is 38.9 Å². The molecule has 2 aliphatic rings. The van der Waals surface area contributed by atoms with Crippen LogP contribution in [0.3, 0.4) is 0 Å². The van der Waals surface area contributed by atoms with Crippen LogP contribution in [0, 0.1) is 27.7 Å². The van der Waals surface area contributed by atoms with Crippen molar-refractivity contribution < 1.29 is 29.9 Å². The number of carboxylic acid groups (broad SMARTS) is 1. The second-order valence-electron chi connectivity index (χ2n) is 17.2. The number of fused-ring (bicyclic) bond motifs is 2. The molecule has 9 heterocycles. The Morgan fingerprint density at radius 2 is 1.22 bits per heavy atom. The lowest BCUT2D eigenvalue weighted by Gasteiger charge is -2.34. The Morgan fingerprint density at radius 1 is 0.765 bits per heavy atom. The molecule has 0 spiro atoms. The molecule has 2 unspecified atom stereocenters. The number of H-pyrrole nitrogens is 1. The number of rotatable bonds is 10. The van der Waals surface area contributed by atoms with Crippen LogP contribution in [0.4, 0.5) is 16.0 Å². The minimum absolute atomic E-state index is 0.0566. The molecular formula is C51H61FN10O6. The molecule has 0 aliphatic carbocycles. The van der Waals surface area contributed by atoms with Gasteiger partial charge in [-0.2, -0.15) is 0 Å². The van der Waals surface area contributed by atoms with Gasteiger partial charge in [0.25, 0.3) is 11.5 Å². The minimum Gasteiger partial charge on any atom is -0.478 e. The summed E-state index contributed by atoms with van der Waals surface area (Å²) in [6.45, 7) is 18.1. The van der Waals surface area contributed by atoms with E-state index in [0.717, 1.165) is 93.2 Å². The standard InChI is InChI=1S/C29H34N6O3.C21H24N4O3.CH3F/c1-17-11-18(2)33-29(37)25(17)15-32-28(36)24-13-23-12-22(21-5-6-26(30)31-14-21)16-35(23)27(19(24)3)20(4)34-7-9-38-10-8-34;1-13-18(21(26)27)10-17-9-16(15-3-4-19(22)23-11-15)12-25(17)20(13)14(2)24-5-7-28-8-6-24;1-2/h5-6,11-14,16,20H,7-10,15H2,1-4H3,(H2,30,31)(H,32,36)(H,33,37);3-4,9-12,14H,5-8H2,1-2H3,(H2,22,23)(H,26,27);1H3/i;;1D. The van der Waals surface area contributed by atoms with Gasteiger partial charge in [0.2, 0.25) is 0 Å². The summed E-state index contributed by atoms with van der Waals surface area (Å²) in [5, 5.41) is 12.7. The summed E-state index contributed by atoms with van der Waals surface area (Å²) >= 11 is 0. The molecule has 0 aromatic carbocycles. The highest BCUT2D eigenvalue weighted by molar-refractivity contribution is 5.97. The van der Waals surface area contributed by atoms with Crippen molar-refractivity contribution in [2.75, 3.05) is 71.2 Å². The predicted molar refractivity (Wildman–Crippen MR) is 263 cm³/mol. The minimum atomic E-state index is -1.00. The number of carbonyl (C=O) groups is 2. The van der Waals surface area contributed by atoms with E-state index in [2.05, 4.69) is 65.0 Å². The van der Waals surface area contributed by atoms with Gasteiger partial charge in [-0.15, -0.1) is 0 Å². The molecule has 17 heteroatoms. The molecule has 0 saturated carbocycles.